The molecule has 4 rings (SSSR count). The van der Waals surface area contributed by atoms with E-state index in [1.807, 2.05) is 55.5 Å². The molecule has 35 heavy (non-hydrogen) atoms. The Kier molecular flexibility index (Phi) is 7.37. The Balaban J connectivity index is 1.70. The summed E-state index contributed by atoms with van der Waals surface area (Å²) in [5.41, 5.74) is 6.89. The van der Waals surface area contributed by atoms with Crippen LogP contribution in [0.2, 0.25) is 5.02 Å². The summed E-state index contributed by atoms with van der Waals surface area (Å²) in [5.74, 6) is -1.10. The maximum Gasteiger partial charge on any atom is 0.337 e. The number of nitroso groups, excluding NO2 is 1. The van der Waals surface area contributed by atoms with Gasteiger partial charge in [-0.3, -0.25) is 4.98 Å². The molecule has 0 radical (unpaired) electrons. The SMILES string of the molecule is Cc1cc(C(CC(c2ccc(-c3ccc(C(=O)O)c(Cl)c3)cc2)c2ccccc2C)N=O)ccn1. The third kappa shape index (κ3) is 5.47. The summed E-state index contributed by atoms with van der Waals surface area (Å²) in [7, 11) is 0. The molecular formula is C29H25ClN2O3. The summed E-state index contributed by atoms with van der Waals surface area (Å²) in [6, 6.07) is 24.4. The average Bonchev–Trinajstić information content (AvgIpc) is 2.85. The minimum atomic E-state index is -1.05. The molecule has 5 nitrogen and oxygen atoms in total. The van der Waals surface area contributed by atoms with Crippen molar-refractivity contribution in [1.29, 1.82) is 0 Å². The van der Waals surface area contributed by atoms with E-state index >= 15 is 0 Å². The zero-order chi connectivity index (χ0) is 24.9. The molecule has 6 heteroatoms. The molecule has 0 fully saturated rings. The maximum atomic E-state index is 11.9. The summed E-state index contributed by atoms with van der Waals surface area (Å²) in [5, 5.41) is 12.9. The van der Waals surface area contributed by atoms with E-state index in [4.69, 9.17) is 11.6 Å². The van der Waals surface area contributed by atoms with Crippen LogP contribution in [-0.4, -0.2) is 16.1 Å². The number of carbonyl (C=O) groups is 1. The van der Waals surface area contributed by atoms with E-state index in [0.29, 0.717) is 6.42 Å². The first-order chi connectivity index (χ1) is 16.9. The molecule has 0 aliphatic rings. The van der Waals surface area contributed by atoms with Crippen molar-refractivity contribution in [3.8, 4) is 11.1 Å². The molecule has 2 atom stereocenters. The molecule has 176 valence electrons. The van der Waals surface area contributed by atoms with Crippen LogP contribution < -0.4 is 0 Å². The molecule has 0 bridgehead atoms. The fourth-order valence-corrected chi connectivity index (χ4v) is 4.70. The summed E-state index contributed by atoms with van der Waals surface area (Å²) in [4.78, 5) is 27.4. The van der Waals surface area contributed by atoms with E-state index in [2.05, 4.69) is 29.2 Å². The zero-order valence-corrected chi connectivity index (χ0v) is 20.2. The van der Waals surface area contributed by atoms with Gasteiger partial charge in [0.15, 0.2) is 0 Å². The number of hydrogen-bond donors (Lipinski definition) is 1. The molecule has 1 heterocycles. The van der Waals surface area contributed by atoms with Crippen LogP contribution in [0.4, 0.5) is 0 Å². The Labute approximate surface area is 209 Å². The van der Waals surface area contributed by atoms with Crippen molar-refractivity contribution < 1.29 is 9.90 Å². The van der Waals surface area contributed by atoms with Gasteiger partial charge in [0.1, 0.15) is 6.04 Å². The van der Waals surface area contributed by atoms with Crippen molar-refractivity contribution in [3.63, 3.8) is 0 Å². The Bertz CT molecular complexity index is 1370. The Morgan fingerprint density at radius 1 is 0.943 bits per heavy atom. The normalized spacial score (nSPS) is 12.7. The van der Waals surface area contributed by atoms with Crippen LogP contribution in [0.15, 0.2) is 90.2 Å². The second-order valence-corrected chi connectivity index (χ2v) is 9.03. The van der Waals surface area contributed by atoms with Gasteiger partial charge in [0.05, 0.1) is 10.6 Å². The molecule has 4 aromatic rings. The molecule has 1 N–H and O–H groups in total. The Hall–Kier alpha value is -3.83. The van der Waals surface area contributed by atoms with Crippen LogP contribution >= 0.6 is 11.6 Å². The summed E-state index contributed by atoms with van der Waals surface area (Å²) in [6.45, 7) is 3.97. The third-order valence-corrected chi connectivity index (χ3v) is 6.61. The number of rotatable bonds is 8. The Morgan fingerprint density at radius 2 is 1.66 bits per heavy atom. The number of hydrogen-bond acceptors (Lipinski definition) is 4. The van der Waals surface area contributed by atoms with E-state index in [9.17, 15) is 14.8 Å². The largest absolute Gasteiger partial charge is 0.478 e. The Morgan fingerprint density at radius 3 is 2.29 bits per heavy atom. The number of carboxylic acids is 1. The standard InChI is InChI=1S/C29H25ClN2O3/c1-18-5-3-4-6-24(18)26(17-28(32-35)23-13-14-31-19(2)15-23)21-9-7-20(8-10-21)22-11-12-25(29(33)34)27(30)16-22/h3-16,26,28H,17H2,1-2H3,(H,33,34). The third-order valence-electron chi connectivity index (χ3n) is 6.30. The molecule has 1 aromatic heterocycles. The maximum absolute atomic E-state index is 11.9. The smallest absolute Gasteiger partial charge is 0.337 e. The van der Waals surface area contributed by atoms with Gasteiger partial charge in [-0.15, -0.1) is 0 Å². The highest BCUT2D eigenvalue weighted by Crippen LogP contribution is 2.38. The van der Waals surface area contributed by atoms with Crippen molar-refractivity contribution in [2.75, 3.05) is 0 Å². The zero-order valence-electron chi connectivity index (χ0n) is 19.5. The van der Waals surface area contributed by atoms with Crippen molar-refractivity contribution in [2.45, 2.75) is 32.2 Å². The van der Waals surface area contributed by atoms with Crippen molar-refractivity contribution in [3.05, 3.63) is 129 Å². The molecule has 0 saturated carbocycles. The molecular weight excluding hydrogens is 460 g/mol. The van der Waals surface area contributed by atoms with Gasteiger partial charge in [-0.25, -0.2) is 4.79 Å². The molecule has 0 aliphatic carbocycles. The number of nitrogens with zero attached hydrogens (tertiary/aromatic N) is 2. The van der Waals surface area contributed by atoms with Gasteiger partial charge < -0.3 is 5.11 Å². The van der Waals surface area contributed by atoms with Crippen LogP contribution in [0.1, 0.15) is 56.7 Å². The fraction of sp³-hybridized carbons (Fsp3) is 0.172. The summed E-state index contributed by atoms with van der Waals surface area (Å²) >= 11 is 6.17. The van der Waals surface area contributed by atoms with E-state index in [1.165, 1.54) is 6.07 Å². The predicted octanol–water partition coefficient (Wildman–Crippen LogP) is 7.75. The highest BCUT2D eigenvalue weighted by molar-refractivity contribution is 6.33. The molecule has 0 saturated heterocycles. The number of aromatic nitrogens is 1. The lowest BCUT2D eigenvalue weighted by Gasteiger charge is -2.23. The highest BCUT2D eigenvalue weighted by atomic mass is 35.5. The lowest BCUT2D eigenvalue weighted by atomic mass is 9.82. The van der Waals surface area contributed by atoms with Gasteiger partial charge >= 0.3 is 5.97 Å². The van der Waals surface area contributed by atoms with Gasteiger partial charge in [0, 0.05) is 17.8 Å². The van der Waals surface area contributed by atoms with E-state index in [0.717, 1.165) is 39.1 Å². The van der Waals surface area contributed by atoms with Crippen molar-refractivity contribution in [2.24, 2.45) is 5.18 Å². The first-order valence-electron chi connectivity index (χ1n) is 11.3. The van der Waals surface area contributed by atoms with Gasteiger partial charge in [0.2, 0.25) is 0 Å². The molecule has 0 amide bonds. The second-order valence-electron chi connectivity index (χ2n) is 8.62. The van der Waals surface area contributed by atoms with E-state index in [1.54, 1.807) is 18.3 Å². The van der Waals surface area contributed by atoms with Gasteiger partial charge in [-0.2, -0.15) is 4.91 Å². The van der Waals surface area contributed by atoms with Crippen LogP contribution in [0, 0.1) is 18.8 Å². The topological polar surface area (TPSA) is 79.6 Å². The number of halogens is 1. The van der Waals surface area contributed by atoms with Gasteiger partial charge in [0.25, 0.3) is 0 Å². The first kappa shape index (κ1) is 24.3. The number of aryl methyl sites for hydroxylation is 2. The lowest BCUT2D eigenvalue weighted by molar-refractivity contribution is 0.0697. The van der Waals surface area contributed by atoms with Gasteiger partial charge in [-0.1, -0.05) is 71.4 Å². The van der Waals surface area contributed by atoms with Gasteiger partial charge in [-0.05, 0) is 77.9 Å². The van der Waals surface area contributed by atoms with E-state index < -0.39 is 12.0 Å². The second kappa shape index (κ2) is 10.6. The van der Waals surface area contributed by atoms with Crippen LogP contribution in [0.25, 0.3) is 11.1 Å². The van der Waals surface area contributed by atoms with Crippen LogP contribution in [0.5, 0.6) is 0 Å². The summed E-state index contributed by atoms with van der Waals surface area (Å²) < 4.78 is 0. The number of aromatic carboxylic acids is 1. The van der Waals surface area contributed by atoms with Crippen molar-refractivity contribution >= 4 is 17.6 Å². The minimum absolute atomic E-state index is 0.0422. The average molecular weight is 485 g/mol. The van der Waals surface area contributed by atoms with E-state index in [-0.39, 0.29) is 16.5 Å². The summed E-state index contributed by atoms with van der Waals surface area (Å²) in [6.07, 6.45) is 2.23. The number of benzene rings is 3. The molecule has 2 unspecified atom stereocenters. The molecule has 0 spiro atoms. The van der Waals surface area contributed by atoms with Crippen molar-refractivity contribution in [1.82, 2.24) is 4.98 Å². The predicted molar refractivity (Wildman–Crippen MR) is 139 cm³/mol. The monoisotopic (exact) mass is 484 g/mol. The highest BCUT2D eigenvalue weighted by Gasteiger charge is 2.23. The quantitative estimate of drug-likeness (QED) is 0.259. The molecule has 3 aromatic carbocycles. The lowest BCUT2D eigenvalue weighted by Crippen LogP contribution is -2.09. The molecule has 0 aliphatic heterocycles. The minimum Gasteiger partial charge on any atom is -0.478 e. The number of carboxylic acid groups (broad SMARTS) is 1. The van der Waals surface area contributed by atoms with Crippen LogP contribution in [0.3, 0.4) is 0 Å². The fourth-order valence-electron chi connectivity index (χ4n) is 4.43. The number of pyridine rings is 1. The first-order valence-corrected chi connectivity index (χ1v) is 11.7. The van der Waals surface area contributed by atoms with Crippen LogP contribution in [-0.2, 0) is 0 Å².